The minimum atomic E-state index is -4.21. The number of hydrogen-bond acceptors (Lipinski definition) is 4. The van der Waals surface area contributed by atoms with Gasteiger partial charge in [-0.15, -0.1) is 0 Å². The van der Waals surface area contributed by atoms with Crippen LogP contribution in [-0.2, 0) is 26.2 Å². The monoisotopic (exact) mass is 663 g/mol. The molecule has 230 valence electrons. The summed E-state index contributed by atoms with van der Waals surface area (Å²) in [7, 11) is -4.21. The summed E-state index contributed by atoms with van der Waals surface area (Å²) < 4.78 is 29.0. The first-order valence-corrected chi connectivity index (χ1v) is 17.0. The van der Waals surface area contributed by atoms with Crippen molar-refractivity contribution in [2.24, 2.45) is 0 Å². The Morgan fingerprint density at radius 2 is 1.56 bits per heavy atom. The van der Waals surface area contributed by atoms with Crippen LogP contribution in [0.2, 0.25) is 15.1 Å². The van der Waals surface area contributed by atoms with Crippen LogP contribution >= 0.6 is 34.8 Å². The Bertz CT molecular complexity index is 1520. The number of aryl methyl sites for hydroxylation is 1. The molecule has 0 bridgehead atoms. The Morgan fingerprint density at radius 3 is 2.16 bits per heavy atom. The lowest BCUT2D eigenvalue weighted by Gasteiger charge is -2.34. The van der Waals surface area contributed by atoms with Crippen molar-refractivity contribution in [1.82, 2.24) is 10.2 Å². The summed E-state index contributed by atoms with van der Waals surface area (Å²) in [6, 6.07) is 16.9. The first-order chi connectivity index (χ1) is 20.5. The second-order valence-electron chi connectivity index (χ2n) is 10.8. The van der Waals surface area contributed by atoms with Gasteiger partial charge in [-0.1, -0.05) is 90.8 Å². The molecule has 3 aromatic carbocycles. The lowest BCUT2D eigenvalue weighted by molar-refractivity contribution is -0.140. The number of amides is 2. The second kappa shape index (κ2) is 14.8. The summed E-state index contributed by atoms with van der Waals surface area (Å²) >= 11 is 19.3. The predicted octanol–water partition coefficient (Wildman–Crippen LogP) is 7.41. The number of rotatable bonds is 11. The number of benzene rings is 3. The maximum absolute atomic E-state index is 14.3. The van der Waals surface area contributed by atoms with Crippen molar-refractivity contribution in [3.05, 3.63) is 92.9 Å². The fraction of sp³-hybridized carbons (Fsp3) is 0.375. The zero-order valence-corrected chi connectivity index (χ0v) is 27.3. The summed E-state index contributed by atoms with van der Waals surface area (Å²) in [4.78, 5) is 29.4. The molecule has 7 nitrogen and oxygen atoms in total. The van der Waals surface area contributed by atoms with Crippen LogP contribution in [0.3, 0.4) is 0 Å². The number of sulfonamides is 1. The van der Waals surface area contributed by atoms with E-state index in [0.717, 1.165) is 42.0 Å². The van der Waals surface area contributed by atoms with Gasteiger partial charge in [-0.3, -0.25) is 13.9 Å². The molecular formula is C32H36Cl3N3O4S. The zero-order valence-electron chi connectivity index (χ0n) is 24.2. The Morgan fingerprint density at radius 1 is 0.930 bits per heavy atom. The fourth-order valence-corrected chi connectivity index (χ4v) is 7.42. The topological polar surface area (TPSA) is 86.8 Å². The molecule has 4 rings (SSSR count). The first-order valence-electron chi connectivity index (χ1n) is 14.4. The Balaban J connectivity index is 1.74. The summed E-state index contributed by atoms with van der Waals surface area (Å²) in [5.41, 5.74) is 1.58. The molecule has 1 N–H and O–H groups in total. The van der Waals surface area contributed by atoms with E-state index >= 15 is 0 Å². The van der Waals surface area contributed by atoms with Crippen molar-refractivity contribution < 1.29 is 18.0 Å². The molecule has 0 heterocycles. The standard InChI is InChI=1S/C32H36Cl3N3O4S/c1-3-30(32(40)36-24-10-5-4-6-11-24)37(20-27-28(34)13-8-14-29(27)35)31(39)21-38(25-12-7-9-23(33)19-25)43(41,42)26-17-15-22(2)16-18-26/h7-9,12-19,24,30H,3-6,10-11,20-21H2,1-2H3,(H,36,40)/t30-/m1/s1. The van der Waals surface area contributed by atoms with E-state index in [1.807, 2.05) is 13.8 Å². The van der Waals surface area contributed by atoms with E-state index < -0.39 is 28.5 Å². The smallest absolute Gasteiger partial charge is 0.264 e. The van der Waals surface area contributed by atoms with Gasteiger partial charge in [0, 0.05) is 33.2 Å². The molecule has 0 radical (unpaired) electrons. The number of nitrogens with zero attached hydrogens (tertiary/aromatic N) is 2. The largest absolute Gasteiger partial charge is 0.352 e. The highest BCUT2D eigenvalue weighted by Crippen LogP contribution is 2.30. The van der Waals surface area contributed by atoms with Crippen LogP contribution in [-0.4, -0.2) is 43.8 Å². The van der Waals surface area contributed by atoms with Crippen LogP contribution in [0.5, 0.6) is 0 Å². The van der Waals surface area contributed by atoms with E-state index in [0.29, 0.717) is 27.1 Å². The number of halogens is 3. The van der Waals surface area contributed by atoms with Crippen molar-refractivity contribution in [3.63, 3.8) is 0 Å². The van der Waals surface area contributed by atoms with Crippen molar-refractivity contribution in [3.8, 4) is 0 Å². The van der Waals surface area contributed by atoms with Gasteiger partial charge in [0.2, 0.25) is 11.8 Å². The molecule has 43 heavy (non-hydrogen) atoms. The molecule has 11 heteroatoms. The van der Waals surface area contributed by atoms with E-state index in [-0.39, 0.29) is 29.1 Å². The van der Waals surface area contributed by atoms with Crippen LogP contribution in [0.4, 0.5) is 5.69 Å². The molecular weight excluding hydrogens is 629 g/mol. The van der Waals surface area contributed by atoms with E-state index in [4.69, 9.17) is 34.8 Å². The summed E-state index contributed by atoms with van der Waals surface area (Å²) in [6.07, 6.45) is 5.26. The van der Waals surface area contributed by atoms with Crippen LogP contribution in [0, 0.1) is 6.92 Å². The third-order valence-corrected chi connectivity index (χ3v) is 10.4. The predicted molar refractivity (Wildman–Crippen MR) is 173 cm³/mol. The van der Waals surface area contributed by atoms with Crippen LogP contribution in [0.1, 0.15) is 56.6 Å². The van der Waals surface area contributed by atoms with Gasteiger partial charge in [0.1, 0.15) is 12.6 Å². The maximum Gasteiger partial charge on any atom is 0.264 e. The van der Waals surface area contributed by atoms with E-state index in [9.17, 15) is 18.0 Å². The third-order valence-electron chi connectivity index (χ3n) is 7.71. The van der Waals surface area contributed by atoms with Gasteiger partial charge in [0.05, 0.1) is 10.6 Å². The molecule has 0 saturated heterocycles. The van der Waals surface area contributed by atoms with Gasteiger partial charge in [0.15, 0.2) is 0 Å². The fourth-order valence-electron chi connectivity index (χ4n) is 5.31. The lowest BCUT2D eigenvalue weighted by atomic mass is 9.95. The van der Waals surface area contributed by atoms with Crippen LogP contribution < -0.4 is 9.62 Å². The minimum absolute atomic E-state index is 0.0219. The summed E-state index contributed by atoms with van der Waals surface area (Å²) in [5, 5.41) is 4.12. The SMILES string of the molecule is CC[C@H](C(=O)NC1CCCCC1)N(Cc1c(Cl)cccc1Cl)C(=O)CN(c1cccc(Cl)c1)S(=O)(=O)c1ccc(C)cc1. The first kappa shape index (κ1) is 33.1. The Kier molecular flexibility index (Phi) is 11.4. The van der Waals surface area contributed by atoms with Crippen molar-refractivity contribution in [2.45, 2.75) is 75.9 Å². The van der Waals surface area contributed by atoms with Crippen LogP contribution in [0.25, 0.3) is 0 Å². The zero-order chi connectivity index (χ0) is 31.1. The average Bonchev–Trinajstić information content (AvgIpc) is 2.97. The summed E-state index contributed by atoms with van der Waals surface area (Å²) in [5.74, 6) is -0.876. The molecule has 1 fully saturated rings. The van der Waals surface area contributed by atoms with Gasteiger partial charge >= 0.3 is 0 Å². The molecule has 2 amide bonds. The molecule has 1 aliphatic rings. The van der Waals surface area contributed by atoms with Gasteiger partial charge < -0.3 is 10.2 Å². The van der Waals surface area contributed by atoms with Gasteiger partial charge in [0.25, 0.3) is 10.0 Å². The molecule has 1 saturated carbocycles. The van der Waals surface area contributed by atoms with Crippen molar-refractivity contribution >= 4 is 62.3 Å². The molecule has 3 aromatic rings. The Hall–Kier alpha value is -2.78. The third kappa shape index (κ3) is 8.24. The van der Waals surface area contributed by atoms with E-state index in [1.165, 1.54) is 23.1 Å². The van der Waals surface area contributed by atoms with Gasteiger partial charge in [-0.05, 0) is 68.7 Å². The van der Waals surface area contributed by atoms with Crippen molar-refractivity contribution in [1.29, 1.82) is 0 Å². The number of hydrogen-bond donors (Lipinski definition) is 1. The molecule has 0 spiro atoms. The molecule has 0 unspecified atom stereocenters. The highest BCUT2D eigenvalue weighted by atomic mass is 35.5. The highest BCUT2D eigenvalue weighted by molar-refractivity contribution is 7.92. The minimum Gasteiger partial charge on any atom is -0.352 e. The molecule has 0 aromatic heterocycles. The molecule has 0 aliphatic heterocycles. The lowest BCUT2D eigenvalue weighted by Crippen LogP contribution is -2.54. The number of carbonyl (C=O) groups is 2. The van der Waals surface area contributed by atoms with Crippen LogP contribution in [0.15, 0.2) is 71.6 Å². The highest BCUT2D eigenvalue weighted by Gasteiger charge is 2.35. The number of nitrogens with one attached hydrogen (secondary N) is 1. The molecule has 1 aliphatic carbocycles. The van der Waals surface area contributed by atoms with Gasteiger partial charge in [-0.25, -0.2) is 8.42 Å². The average molecular weight is 665 g/mol. The van der Waals surface area contributed by atoms with Crippen molar-refractivity contribution in [2.75, 3.05) is 10.8 Å². The second-order valence-corrected chi connectivity index (χ2v) is 13.9. The van der Waals surface area contributed by atoms with Gasteiger partial charge in [-0.2, -0.15) is 0 Å². The number of carbonyl (C=O) groups excluding carboxylic acids is 2. The van der Waals surface area contributed by atoms with E-state index in [2.05, 4.69) is 5.32 Å². The Labute approximate surface area is 269 Å². The molecule has 1 atom stereocenters. The summed E-state index contributed by atoms with van der Waals surface area (Å²) in [6.45, 7) is 3.01. The quantitative estimate of drug-likeness (QED) is 0.231. The maximum atomic E-state index is 14.3. The normalized spacial score (nSPS) is 14.6. The number of anilines is 1. The van der Waals surface area contributed by atoms with E-state index in [1.54, 1.807) is 48.5 Å².